The third kappa shape index (κ3) is 3.41. The molecule has 0 amide bonds. The fourth-order valence-electron chi connectivity index (χ4n) is 2.65. The molecule has 106 valence electrons. The molecule has 1 nitrogen and oxygen atoms in total. The Hall–Kier alpha value is -1.76. The van der Waals surface area contributed by atoms with Crippen molar-refractivity contribution < 1.29 is 4.74 Å². The SMILES string of the molecule is C=C(CCCCC)Cc1ccc(OC)c2ccccc12. The second-order valence-corrected chi connectivity index (χ2v) is 5.36. The van der Waals surface area contributed by atoms with Crippen LogP contribution in [-0.2, 0) is 6.42 Å². The number of ether oxygens (including phenoxy) is 1. The molecule has 2 aromatic carbocycles. The molecule has 0 aliphatic carbocycles. The van der Waals surface area contributed by atoms with Gasteiger partial charge < -0.3 is 4.74 Å². The minimum Gasteiger partial charge on any atom is -0.496 e. The van der Waals surface area contributed by atoms with Crippen molar-refractivity contribution in [3.63, 3.8) is 0 Å². The first-order chi connectivity index (χ1) is 9.76. The molecular weight excluding hydrogens is 244 g/mol. The molecule has 0 fully saturated rings. The normalized spacial score (nSPS) is 10.7. The van der Waals surface area contributed by atoms with Crippen LogP contribution in [-0.4, -0.2) is 7.11 Å². The Balaban J connectivity index is 2.20. The first-order valence-electron chi connectivity index (χ1n) is 7.47. The highest BCUT2D eigenvalue weighted by atomic mass is 16.5. The Morgan fingerprint density at radius 2 is 1.80 bits per heavy atom. The van der Waals surface area contributed by atoms with Gasteiger partial charge in [0.1, 0.15) is 5.75 Å². The average Bonchev–Trinajstić information content (AvgIpc) is 2.48. The fourth-order valence-corrected chi connectivity index (χ4v) is 2.65. The lowest BCUT2D eigenvalue weighted by Gasteiger charge is -2.12. The average molecular weight is 268 g/mol. The van der Waals surface area contributed by atoms with E-state index in [0.717, 1.165) is 18.6 Å². The monoisotopic (exact) mass is 268 g/mol. The molecule has 0 atom stereocenters. The van der Waals surface area contributed by atoms with Crippen molar-refractivity contribution in [2.75, 3.05) is 7.11 Å². The van der Waals surface area contributed by atoms with Crippen LogP contribution in [0.15, 0.2) is 48.6 Å². The maximum absolute atomic E-state index is 5.44. The number of unbranched alkanes of at least 4 members (excludes halogenated alkanes) is 2. The highest BCUT2D eigenvalue weighted by Crippen LogP contribution is 2.29. The summed E-state index contributed by atoms with van der Waals surface area (Å²) in [6, 6.07) is 12.7. The van der Waals surface area contributed by atoms with Gasteiger partial charge in [0.25, 0.3) is 0 Å². The van der Waals surface area contributed by atoms with E-state index in [1.165, 1.54) is 41.2 Å². The van der Waals surface area contributed by atoms with Gasteiger partial charge in [0, 0.05) is 5.39 Å². The van der Waals surface area contributed by atoms with Crippen molar-refractivity contribution in [3.05, 3.63) is 54.1 Å². The highest BCUT2D eigenvalue weighted by Gasteiger charge is 2.07. The molecule has 0 radical (unpaired) electrons. The van der Waals surface area contributed by atoms with Crippen LogP contribution in [0.1, 0.15) is 38.2 Å². The van der Waals surface area contributed by atoms with Gasteiger partial charge in [-0.25, -0.2) is 0 Å². The van der Waals surface area contributed by atoms with Crippen LogP contribution in [0.25, 0.3) is 10.8 Å². The van der Waals surface area contributed by atoms with Crippen molar-refractivity contribution in [1.82, 2.24) is 0 Å². The summed E-state index contributed by atoms with van der Waals surface area (Å²) in [5, 5.41) is 2.47. The number of benzene rings is 2. The summed E-state index contributed by atoms with van der Waals surface area (Å²) in [4.78, 5) is 0. The zero-order valence-corrected chi connectivity index (χ0v) is 12.6. The van der Waals surface area contributed by atoms with Crippen LogP contribution < -0.4 is 4.74 Å². The van der Waals surface area contributed by atoms with Gasteiger partial charge in [0.15, 0.2) is 0 Å². The van der Waals surface area contributed by atoms with Gasteiger partial charge in [-0.15, -0.1) is 0 Å². The number of fused-ring (bicyclic) bond motifs is 1. The molecule has 0 aromatic heterocycles. The lowest BCUT2D eigenvalue weighted by Crippen LogP contribution is -1.93. The molecule has 0 bridgehead atoms. The van der Waals surface area contributed by atoms with E-state index in [9.17, 15) is 0 Å². The number of methoxy groups -OCH3 is 1. The standard InChI is InChI=1S/C19H24O/c1-4-5-6-9-15(2)14-16-12-13-19(20-3)18-11-8-7-10-17(16)18/h7-8,10-13H,2,4-6,9,14H2,1,3H3. The first-order valence-corrected chi connectivity index (χ1v) is 7.47. The number of hydrogen-bond acceptors (Lipinski definition) is 1. The minimum atomic E-state index is 0.945. The van der Waals surface area contributed by atoms with E-state index in [4.69, 9.17) is 4.74 Å². The van der Waals surface area contributed by atoms with Gasteiger partial charge in [0.05, 0.1) is 7.11 Å². The molecule has 0 spiro atoms. The van der Waals surface area contributed by atoms with Crippen LogP contribution in [0.3, 0.4) is 0 Å². The van der Waals surface area contributed by atoms with Gasteiger partial charge in [0.2, 0.25) is 0 Å². The number of rotatable bonds is 7. The number of allylic oxidation sites excluding steroid dienone is 1. The van der Waals surface area contributed by atoms with Crippen LogP contribution in [0.5, 0.6) is 5.75 Å². The summed E-state index contributed by atoms with van der Waals surface area (Å²) in [6.07, 6.45) is 5.91. The summed E-state index contributed by atoms with van der Waals surface area (Å²) in [5.41, 5.74) is 2.68. The Morgan fingerprint density at radius 3 is 2.50 bits per heavy atom. The third-order valence-corrected chi connectivity index (χ3v) is 3.77. The Kier molecular flexibility index (Phi) is 5.23. The molecule has 0 N–H and O–H groups in total. The molecule has 0 aliphatic heterocycles. The number of hydrogen-bond donors (Lipinski definition) is 0. The largest absolute Gasteiger partial charge is 0.496 e. The quantitative estimate of drug-likeness (QED) is 0.474. The smallest absolute Gasteiger partial charge is 0.126 e. The summed E-state index contributed by atoms with van der Waals surface area (Å²) in [5.74, 6) is 0.945. The molecule has 0 aliphatic rings. The third-order valence-electron chi connectivity index (χ3n) is 3.77. The van der Waals surface area contributed by atoms with E-state index in [1.807, 2.05) is 0 Å². The van der Waals surface area contributed by atoms with Crippen LogP contribution in [0.2, 0.25) is 0 Å². The molecule has 2 aromatic rings. The lowest BCUT2D eigenvalue weighted by molar-refractivity contribution is 0.419. The van der Waals surface area contributed by atoms with E-state index in [-0.39, 0.29) is 0 Å². The molecule has 20 heavy (non-hydrogen) atoms. The van der Waals surface area contributed by atoms with Crippen LogP contribution >= 0.6 is 0 Å². The fraction of sp³-hybridized carbons (Fsp3) is 0.368. The zero-order valence-electron chi connectivity index (χ0n) is 12.6. The Bertz CT molecular complexity index is 583. The molecule has 0 unspecified atom stereocenters. The Morgan fingerprint density at radius 1 is 1.05 bits per heavy atom. The van der Waals surface area contributed by atoms with E-state index >= 15 is 0 Å². The zero-order chi connectivity index (χ0) is 14.4. The second-order valence-electron chi connectivity index (χ2n) is 5.36. The predicted molar refractivity (Wildman–Crippen MR) is 87.5 cm³/mol. The highest BCUT2D eigenvalue weighted by molar-refractivity contribution is 5.91. The van der Waals surface area contributed by atoms with Gasteiger partial charge in [-0.3, -0.25) is 0 Å². The second kappa shape index (κ2) is 7.14. The first kappa shape index (κ1) is 14.6. The van der Waals surface area contributed by atoms with Crippen LogP contribution in [0.4, 0.5) is 0 Å². The van der Waals surface area contributed by atoms with E-state index < -0.39 is 0 Å². The predicted octanol–water partition coefficient (Wildman–Crippen LogP) is 5.53. The molecule has 0 saturated carbocycles. The molecule has 0 saturated heterocycles. The van der Waals surface area contributed by atoms with Crippen molar-refractivity contribution in [2.24, 2.45) is 0 Å². The van der Waals surface area contributed by atoms with E-state index in [0.29, 0.717) is 0 Å². The Labute approximate surface area is 122 Å². The maximum atomic E-state index is 5.44. The van der Waals surface area contributed by atoms with Crippen LogP contribution in [0, 0.1) is 0 Å². The van der Waals surface area contributed by atoms with Gasteiger partial charge in [-0.1, -0.05) is 62.2 Å². The van der Waals surface area contributed by atoms with Crippen molar-refractivity contribution in [2.45, 2.75) is 39.0 Å². The van der Waals surface area contributed by atoms with Gasteiger partial charge in [-0.05, 0) is 36.3 Å². The van der Waals surface area contributed by atoms with Crippen molar-refractivity contribution >= 4 is 10.8 Å². The van der Waals surface area contributed by atoms with E-state index in [1.54, 1.807) is 7.11 Å². The summed E-state index contributed by atoms with van der Waals surface area (Å²) in [7, 11) is 1.73. The molecule has 0 heterocycles. The molecule has 1 heteroatoms. The molecular formula is C19H24O. The van der Waals surface area contributed by atoms with Gasteiger partial charge >= 0.3 is 0 Å². The van der Waals surface area contributed by atoms with Crippen molar-refractivity contribution in [1.29, 1.82) is 0 Å². The minimum absolute atomic E-state index is 0.945. The molecule has 2 rings (SSSR count). The topological polar surface area (TPSA) is 9.23 Å². The summed E-state index contributed by atoms with van der Waals surface area (Å²) >= 11 is 0. The maximum Gasteiger partial charge on any atom is 0.126 e. The van der Waals surface area contributed by atoms with E-state index in [2.05, 4.69) is 49.9 Å². The van der Waals surface area contributed by atoms with Crippen molar-refractivity contribution in [3.8, 4) is 5.75 Å². The summed E-state index contributed by atoms with van der Waals surface area (Å²) in [6.45, 7) is 6.48. The summed E-state index contributed by atoms with van der Waals surface area (Å²) < 4.78 is 5.44. The van der Waals surface area contributed by atoms with Gasteiger partial charge in [-0.2, -0.15) is 0 Å². The lowest BCUT2D eigenvalue weighted by atomic mass is 9.96.